The van der Waals surface area contributed by atoms with Crippen LogP contribution in [0.2, 0.25) is 5.02 Å². The zero-order valence-electron chi connectivity index (χ0n) is 12.1. The van der Waals surface area contributed by atoms with Crippen LogP contribution >= 0.6 is 11.6 Å². The summed E-state index contributed by atoms with van der Waals surface area (Å²) >= 11 is 5.97. The first-order valence-corrected chi connectivity index (χ1v) is 6.52. The summed E-state index contributed by atoms with van der Waals surface area (Å²) in [5, 5.41) is 0.454. The zero-order valence-corrected chi connectivity index (χ0v) is 12.9. The maximum Gasteiger partial charge on any atom is 0.260 e. The van der Waals surface area contributed by atoms with Crippen molar-refractivity contribution < 1.29 is 14.3 Å². The lowest BCUT2D eigenvalue weighted by Crippen LogP contribution is -2.39. The largest absolute Gasteiger partial charge is 0.482 e. The second kappa shape index (κ2) is 7.14. The van der Waals surface area contributed by atoms with Gasteiger partial charge in [0.15, 0.2) is 6.61 Å². The van der Waals surface area contributed by atoms with Gasteiger partial charge in [0.05, 0.1) is 11.6 Å². The first-order valence-electron chi connectivity index (χ1n) is 6.14. The molecule has 0 N–H and O–H groups in total. The number of likely N-dealkylation sites (N-methyl/N-ethyl adjacent to an activating group) is 2. The standard InChI is InChI=1S/C14H19ClN2O3/c1-10-5-6-11(15)12(7-10)20-9-14(19)17(4)8-13(18)16(2)3/h5-7H,8-9H2,1-4H3. The molecule has 20 heavy (non-hydrogen) atoms. The van der Waals surface area contributed by atoms with Crippen LogP contribution in [0.5, 0.6) is 5.75 Å². The van der Waals surface area contributed by atoms with Crippen LogP contribution in [0, 0.1) is 6.92 Å². The molecule has 0 aromatic heterocycles. The molecule has 0 atom stereocenters. The van der Waals surface area contributed by atoms with E-state index in [1.54, 1.807) is 33.3 Å². The van der Waals surface area contributed by atoms with Gasteiger partial charge in [-0.15, -0.1) is 0 Å². The van der Waals surface area contributed by atoms with Crippen molar-refractivity contribution in [3.63, 3.8) is 0 Å². The van der Waals surface area contributed by atoms with E-state index in [0.29, 0.717) is 10.8 Å². The highest BCUT2D eigenvalue weighted by atomic mass is 35.5. The van der Waals surface area contributed by atoms with E-state index in [4.69, 9.17) is 16.3 Å². The lowest BCUT2D eigenvalue weighted by Gasteiger charge is -2.19. The maximum atomic E-state index is 11.9. The average molecular weight is 299 g/mol. The van der Waals surface area contributed by atoms with Crippen molar-refractivity contribution in [1.82, 2.24) is 9.80 Å². The molecule has 0 aliphatic rings. The van der Waals surface area contributed by atoms with E-state index >= 15 is 0 Å². The van der Waals surface area contributed by atoms with Crippen molar-refractivity contribution in [3.05, 3.63) is 28.8 Å². The van der Waals surface area contributed by atoms with Crippen molar-refractivity contribution in [2.45, 2.75) is 6.92 Å². The van der Waals surface area contributed by atoms with Crippen molar-refractivity contribution >= 4 is 23.4 Å². The Balaban J connectivity index is 2.54. The normalized spacial score (nSPS) is 10.1. The van der Waals surface area contributed by atoms with Crippen molar-refractivity contribution in [3.8, 4) is 5.75 Å². The number of hydrogen-bond acceptors (Lipinski definition) is 3. The second-order valence-electron chi connectivity index (χ2n) is 4.76. The lowest BCUT2D eigenvalue weighted by molar-refractivity contribution is -0.139. The van der Waals surface area contributed by atoms with E-state index in [-0.39, 0.29) is 25.0 Å². The highest BCUT2D eigenvalue weighted by Gasteiger charge is 2.15. The van der Waals surface area contributed by atoms with E-state index < -0.39 is 0 Å². The van der Waals surface area contributed by atoms with Gasteiger partial charge in [-0.2, -0.15) is 0 Å². The van der Waals surface area contributed by atoms with Crippen molar-refractivity contribution in [1.29, 1.82) is 0 Å². The van der Waals surface area contributed by atoms with Crippen LogP contribution in [0.3, 0.4) is 0 Å². The third-order valence-corrected chi connectivity index (χ3v) is 3.05. The number of carbonyl (C=O) groups is 2. The van der Waals surface area contributed by atoms with Crippen molar-refractivity contribution in [2.24, 2.45) is 0 Å². The molecule has 5 nitrogen and oxygen atoms in total. The topological polar surface area (TPSA) is 49.9 Å². The Labute approximate surface area is 124 Å². The second-order valence-corrected chi connectivity index (χ2v) is 5.17. The molecule has 2 amide bonds. The Kier molecular flexibility index (Phi) is 5.82. The summed E-state index contributed by atoms with van der Waals surface area (Å²) < 4.78 is 5.39. The molecule has 0 spiro atoms. The number of ether oxygens (including phenoxy) is 1. The molecule has 1 aromatic rings. The Morgan fingerprint density at radius 2 is 1.85 bits per heavy atom. The molecule has 0 saturated heterocycles. The molecular weight excluding hydrogens is 280 g/mol. The van der Waals surface area contributed by atoms with Gasteiger partial charge < -0.3 is 14.5 Å². The van der Waals surface area contributed by atoms with Crippen LogP contribution < -0.4 is 4.74 Å². The Morgan fingerprint density at radius 3 is 2.45 bits per heavy atom. The first kappa shape index (κ1) is 16.3. The number of carbonyl (C=O) groups excluding carboxylic acids is 2. The van der Waals surface area contributed by atoms with E-state index in [1.165, 1.54) is 9.80 Å². The Hall–Kier alpha value is -1.75. The molecule has 0 unspecified atom stereocenters. The molecule has 0 radical (unpaired) electrons. The number of amides is 2. The first-order chi connectivity index (χ1) is 9.31. The predicted octanol–water partition coefficient (Wildman–Crippen LogP) is 1.57. The summed E-state index contributed by atoms with van der Waals surface area (Å²) in [6, 6.07) is 5.34. The molecule has 0 aliphatic carbocycles. The van der Waals surface area contributed by atoms with Crippen LogP contribution in [0.15, 0.2) is 18.2 Å². The van der Waals surface area contributed by atoms with Gasteiger partial charge in [-0.05, 0) is 24.6 Å². The Morgan fingerprint density at radius 1 is 1.20 bits per heavy atom. The smallest absolute Gasteiger partial charge is 0.260 e. The number of nitrogens with zero attached hydrogens (tertiary/aromatic N) is 2. The summed E-state index contributed by atoms with van der Waals surface area (Å²) in [6.45, 7) is 1.78. The fourth-order valence-electron chi connectivity index (χ4n) is 1.40. The van der Waals surface area contributed by atoms with Crippen molar-refractivity contribution in [2.75, 3.05) is 34.3 Å². The summed E-state index contributed by atoms with van der Waals surface area (Å²) in [7, 11) is 4.85. The van der Waals surface area contributed by atoms with Crippen LogP contribution in [0.4, 0.5) is 0 Å². The highest BCUT2D eigenvalue weighted by Crippen LogP contribution is 2.25. The van der Waals surface area contributed by atoms with Gasteiger partial charge in [0.2, 0.25) is 5.91 Å². The molecule has 0 heterocycles. The van der Waals surface area contributed by atoms with E-state index in [9.17, 15) is 9.59 Å². The van der Waals surface area contributed by atoms with E-state index in [0.717, 1.165) is 5.56 Å². The molecule has 6 heteroatoms. The molecule has 110 valence electrons. The fourth-order valence-corrected chi connectivity index (χ4v) is 1.58. The Bertz CT molecular complexity index is 503. The molecule has 0 aliphatic heterocycles. The minimum absolute atomic E-state index is 0.0245. The third-order valence-electron chi connectivity index (χ3n) is 2.73. The minimum atomic E-state index is -0.280. The number of aryl methyl sites for hydroxylation is 1. The minimum Gasteiger partial charge on any atom is -0.482 e. The number of rotatable bonds is 5. The zero-order chi connectivity index (χ0) is 15.3. The number of halogens is 1. The summed E-state index contributed by atoms with van der Waals surface area (Å²) in [4.78, 5) is 26.1. The number of benzene rings is 1. The monoisotopic (exact) mass is 298 g/mol. The van der Waals surface area contributed by atoms with Crippen LogP contribution in [-0.4, -0.2) is 55.9 Å². The summed E-state index contributed by atoms with van der Waals surface area (Å²) in [6.07, 6.45) is 0. The molecule has 0 fully saturated rings. The highest BCUT2D eigenvalue weighted by molar-refractivity contribution is 6.32. The quantitative estimate of drug-likeness (QED) is 0.829. The van der Waals surface area contributed by atoms with Crippen LogP contribution in [0.25, 0.3) is 0 Å². The molecule has 0 bridgehead atoms. The van der Waals surface area contributed by atoms with Gasteiger partial charge >= 0.3 is 0 Å². The van der Waals surface area contributed by atoms with Gasteiger partial charge in [-0.25, -0.2) is 0 Å². The third kappa shape index (κ3) is 4.74. The average Bonchev–Trinajstić information content (AvgIpc) is 2.39. The maximum absolute atomic E-state index is 11.9. The van der Waals surface area contributed by atoms with Gasteiger partial charge in [0.25, 0.3) is 5.91 Å². The van der Waals surface area contributed by atoms with E-state index in [2.05, 4.69) is 0 Å². The molecular formula is C14H19ClN2O3. The van der Waals surface area contributed by atoms with Crippen LogP contribution in [0.1, 0.15) is 5.56 Å². The van der Waals surface area contributed by atoms with Crippen LogP contribution in [-0.2, 0) is 9.59 Å². The lowest BCUT2D eigenvalue weighted by atomic mass is 10.2. The predicted molar refractivity (Wildman–Crippen MR) is 78.0 cm³/mol. The molecule has 1 aromatic carbocycles. The SMILES string of the molecule is Cc1ccc(Cl)c(OCC(=O)N(C)CC(=O)N(C)C)c1. The summed E-state index contributed by atoms with van der Waals surface area (Å²) in [5.41, 5.74) is 0.994. The fraction of sp³-hybridized carbons (Fsp3) is 0.429. The van der Waals surface area contributed by atoms with Gasteiger partial charge in [-0.3, -0.25) is 9.59 Å². The van der Waals surface area contributed by atoms with Gasteiger partial charge in [-0.1, -0.05) is 17.7 Å². The van der Waals surface area contributed by atoms with Gasteiger partial charge in [0, 0.05) is 21.1 Å². The molecule has 1 rings (SSSR count). The van der Waals surface area contributed by atoms with Gasteiger partial charge in [0.1, 0.15) is 5.75 Å². The molecule has 0 saturated carbocycles. The number of hydrogen-bond donors (Lipinski definition) is 0. The van der Waals surface area contributed by atoms with E-state index in [1.807, 2.05) is 13.0 Å². The summed E-state index contributed by atoms with van der Waals surface area (Å²) in [5.74, 6) is 0.0413.